The molecule has 0 radical (unpaired) electrons. The molecule has 0 bridgehead atoms. The van der Waals surface area contributed by atoms with Crippen molar-refractivity contribution in [3.63, 3.8) is 0 Å². The van der Waals surface area contributed by atoms with Gasteiger partial charge in [-0.2, -0.15) is 0 Å². The Hall–Kier alpha value is -3.24. The molecule has 10 heteroatoms. The van der Waals surface area contributed by atoms with Crippen molar-refractivity contribution in [1.29, 1.82) is 0 Å². The van der Waals surface area contributed by atoms with E-state index in [1.807, 2.05) is 18.7 Å². The fraction of sp³-hybridized carbons (Fsp3) is 0.519. The lowest BCUT2D eigenvalue weighted by molar-refractivity contribution is -0.147. The van der Waals surface area contributed by atoms with Crippen molar-refractivity contribution >= 4 is 23.2 Å². The van der Waals surface area contributed by atoms with E-state index in [-0.39, 0.29) is 59.5 Å². The monoisotopic (exact) mass is 518 g/mol. The maximum absolute atomic E-state index is 15.3. The minimum atomic E-state index is -2.34. The van der Waals surface area contributed by atoms with E-state index in [4.69, 9.17) is 0 Å². The lowest BCUT2D eigenvalue weighted by Crippen LogP contribution is -2.56. The number of rotatable bonds is 8. The summed E-state index contributed by atoms with van der Waals surface area (Å²) in [6.07, 6.45) is 1.11. The molecule has 0 spiro atoms. The number of aromatic hydroxyl groups is 1. The van der Waals surface area contributed by atoms with E-state index in [1.165, 1.54) is 13.8 Å². The van der Waals surface area contributed by atoms with E-state index >= 15 is 4.39 Å². The molecule has 1 unspecified atom stereocenters. The number of hydrogen-bond donors (Lipinski definition) is 5. The number of likely N-dealkylation sites (N-methyl/N-ethyl adjacent to an activating group) is 1. The summed E-state index contributed by atoms with van der Waals surface area (Å²) in [4.78, 5) is 39.8. The summed E-state index contributed by atoms with van der Waals surface area (Å²) >= 11 is 0. The second kappa shape index (κ2) is 11.0. The molecule has 9 nitrogen and oxygen atoms in total. The van der Waals surface area contributed by atoms with Crippen LogP contribution in [0.2, 0.25) is 0 Å². The Balaban J connectivity index is 1.88. The van der Waals surface area contributed by atoms with Gasteiger partial charge in [-0.05, 0) is 63.2 Å². The highest BCUT2D eigenvalue weighted by molar-refractivity contribution is 6.09. The number of nitrogens with one attached hydrogen (secondary N) is 1. The number of fused-ring (bicyclic) bond motifs is 1. The number of aliphatic hydroxyl groups is 3. The third kappa shape index (κ3) is 5.13. The van der Waals surface area contributed by atoms with Gasteiger partial charge in [0.25, 0.3) is 0 Å². The van der Waals surface area contributed by atoms with Crippen molar-refractivity contribution in [2.75, 3.05) is 25.0 Å². The molecule has 0 aliphatic heterocycles. The van der Waals surface area contributed by atoms with Gasteiger partial charge in [0.2, 0.25) is 11.7 Å². The molecule has 5 N–H and O–H groups in total. The van der Waals surface area contributed by atoms with Crippen LogP contribution >= 0.6 is 0 Å². The Morgan fingerprint density at radius 3 is 2.54 bits per heavy atom. The van der Waals surface area contributed by atoms with Gasteiger partial charge in [-0.3, -0.25) is 19.3 Å². The molecule has 1 amide bonds. The van der Waals surface area contributed by atoms with Gasteiger partial charge in [-0.1, -0.05) is 13.8 Å². The number of hydrogen-bond acceptors (Lipinski definition) is 8. The van der Waals surface area contributed by atoms with Gasteiger partial charge >= 0.3 is 0 Å². The largest absolute Gasteiger partial charge is 0.515 e. The SMILES string of the molecule is CCCN(CC)CC(=O)Nc1cc(F)c(CC2C[C@H]3CC(=O)C(C)=C(O)[C@@]3(O)C(=O)C2=CO)c(C)c1O. The van der Waals surface area contributed by atoms with Crippen LogP contribution < -0.4 is 5.32 Å². The van der Waals surface area contributed by atoms with Gasteiger partial charge in [-0.25, -0.2) is 4.39 Å². The smallest absolute Gasteiger partial charge is 0.238 e. The van der Waals surface area contributed by atoms with Crippen LogP contribution in [0.1, 0.15) is 51.2 Å². The zero-order chi connectivity index (χ0) is 27.7. The van der Waals surface area contributed by atoms with Crippen LogP contribution in [0.4, 0.5) is 10.1 Å². The molecule has 3 atom stereocenters. The number of Topliss-reactive ketones (excluding diaryl/α,β-unsaturated/α-hetero) is 2. The minimum absolute atomic E-state index is 0.0140. The maximum atomic E-state index is 15.3. The first-order valence-corrected chi connectivity index (χ1v) is 12.5. The highest BCUT2D eigenvalue weighted by Gasteiger charge is 2.57. The summed E-state index contributed by atoms with van der Waals surface area (Å²) < 4.78 is 15.3. The summed E-state index contributed by atoms with van der Waals surface area (Å²) in [5, 5.41) is 44.6. The number of carbonyl (C=O) groups excluding carboxylic acids is 3. The predicted molar refractivity (Wildman–Crippen MR) is 135 cm³/mol. The van der Waals surface area contributed by atoms with E-state index in [2.05, 4.69) is 5.32 Å². The molecule has 2 aliphatic rings. The topological polar surface area (TPSA) is 147 Å². The first-order valence-electron chi connectivity index (χ1n) is 12.5. The van der Waals surface area contributed by atoms with Crippen molar-refractivity contribution < 1.29 is 39.2 Å². The minimum Gasteiger partial charge on any atom is -0.515 e. The molecule has 1 aromatic carbocycles. The Kier molecular flexibility index (Phi) is 8.44. The standard InChI is InChI=1S/C27H35FN2O7/c1-5-7-30(6-2)12-23(33)29-21-11-20(28)18(14(3)24(21)34)9-16-8-17-10-22(32)15(4)25(35)27(17,37)26(36)19(16)13-31/h11,13,16-17,31,34-35,37H,5-10,12H2,1-4H3,(H,29,33)/t16?,17-,27+/m0/s1. The van der Waals surface area contributed by atoms with Crippen molar-refractivity contribution in [1.82, 2.24) is 4.90 Å². The number of allylic oxidation sites excluding steroid dienone is 1. The Morgan fingerprint density at radius 2 is 1.95 bits per heavy atom. The molecule has 202 valence electrons. The maximum Gasteiger partial charge on any atom is 0.238 e. The number of ketones is 2. The van der Waals surface area contributed by atoms with E-state index in [1.54, 1.807) is 0 Å². The zero-order valence-corrected chi connectivity index (χ0v) is 21.6. The molecule has 1 saturated carbocycles. The number of aliphatic hydroxyl groups excluding tert-OH is 2. The lowest BCUT2D eigenvalue weighted by atomic mass is 9.61. The first kappa shape index (κ1) is 28.3. The predicted octanol–water partition coefficient (Wildman–Crippen LogP) is 3.24. The summed E-state index contributed by atoms with van der Waals surface area (Å²) in [5.41, 5.74) is -2.51. The number of halogens is 1. The van der Waals surface area contributed by atoms with E-state index < -0.39 is 46.5 Å². The van der Waals surface area contributed by atoms with Crippen LogP contribution in [0.3, 0.4) is 0 Å². The summed E-state index contributed by atoms with van der Waals surface area (Å²) in [6.45, 7) is 8.18. The Morgan fingerprint density at radius 1 is 1.27 bits per heavy atom. The third-order valence-corrected chi connectivity index (χ3v) is 7.61. The van der Waals surface area contributed by atoms with Crippen molar-refractivity contribution in [3.05, 3.63) is 46.2 Å². The number of carbonyl (C=O) groups is 3. The summed E-state index contributed by atoms with van der Waals surface area (Å²) in [6, 6.07) is 1.01. The molecule has 1 aromatic rings. The van der Waals surface area contributed by atoms with Crippen molar-refractivity contribution in [3.8, 4) is 5.75 Å². The number of phenolic OH excluding ortho intramolecular Hbond substituents is 1. The summed E-state index contributed by atoms with van der Waals surface area (Å²) in [5.74, 6) is -5.26. The van der Waals surface area contributed by atoms with Crippen LogP contribution in [-0.4, -0.2) is 68.0 Å². The van der Waals surface area contributed by atoms with Crippen LogP contribution in [0.25, 0.3) is 0 Å². The first-order chi connectivity index (χ1) is 17.4. The Bertz CT molecular complexity index is 1180. The zero-order valence-electron chi connectivity index (χ0n) is 21.6. The normalized spacial score (nSPS) is 25.1. The third-order valence-electron chi connectivity index (χ3n) is 7.61. The van der Waals surface area contributed by atoms with Crippen LogP contribution in [0.5, 0.6) is 5.75 Å². The van der Waals surface area contributed by atoms with E-state index in [0.29, 0.717) is 12.8 Å². The van der Waals surface area contributed by atoms with Crippen molar-refractivity contribution in [2.45, 2.75) is 59.0 Å². The van der Waals surface area contributed by atoms with Gasteiger partial charge in [-0.15, -0.1) is 0 Å². The van der Waals surface area contributed by atoms with Gasteiger partial charge < -0.3 is 25.7 Å². The van der Waals surface area contributed by atoms with E-state index in [0.717, 1.165) is 19.0 Å². The number of nitrogens with zero attached hydrogens (tertiary/aromatic N) is 1. The lowest BCUT2D eigenvalue weighted by Gasteiger charge is -2.44. The van der Waals surface area contributed by atoms with E-state index in [9.17, 15) is 34.8 Å². The van der Waals surface area contributed by atoms with Gasteiger partial charge in [0.15, 0.2) is 11.4 Å². The second-order valence-corrected chi connectivity index (χ2v) is 9.89. The number of anilines is 1. The summed E-state index contributed by atoms with van der Waals surface area (Å²) in [7, 11) is 0. The molecule has 0 heterocycles. The molecular formula is C27H35FN2O7. The molecule has 37 heavy (non-hydrogen) atoms. The molecular weight excluding hydrogens is 483 g/mol. The fourth-order valence-electron chi connectivity index (χ4n) is 5.37. The molecule has 2 aliphatic carbocycles. The van der Waals surface area contributed by atoms with Crippen LogP contribution in [0, 0.1) is 24.6 Å². The van der Waals surface area contributed by atoms with Crippen LogP contribution in [-0.2, 0) is 20.8 Å². The molecule has 1 fully saturated rings. The molecule has 3 rings (SSSR count). The average Bonchev–Trinajstić information content (AvgIpc) is 2.85. The van der Waals surface area contributed by atoms with Gasteiger partial charge in [0.1, 0.15) is 17.3 Å². The Labute approximate surface area is 215 Å². The van der Waals surface area contributed by atoms with Crippen LogP contribution in [0.15, 0.2) is 29.2 Å². The second-order valence-electron chi connectivity index (χ2n) is 9.89. The number of phenols is 1. The highest BCUT2D eigenvalue weighted by atomic mass is 19.1. The number of benzene rings is 1. The quantitative estimate of drug-likeness (QED) is 0.200. The highest BCUT2D eigenvalue weighted by Crippen LogP contribution is 2.48. The average molecular weight is 519 g/mol. The van der Waals surface area contributed by atoms with Gasteiger partial charge in [0, 0.05) is 29.6 Å². The molecule has 0 saturated heterocycles. The van der Waals surface area contributed by atoms with Crippen molar-refractivity contribution in [2.24, 2.45) is 11.8 Å². The number of amides is 1. The van der Waals surface area contributed by atoms with Gasteiger partial charge in [0.05, 0.1) is 18.5 Å². The fourth-order valence-corrected chi connectivity index (χ4v) is 5.37. The molecule has 0 aromatic heterocycles.